The van der Waals surface area contributed by atoms with E-state index >= 15 is 0 Å². The number of methoxy groups -OCH3 is 1. The third kappa shape index (κ3) is 4.62. The third-order valence-corrected chi connectivity index (χ3v) is 4.40. The van der Waals surface area contributed by atoms with Gasteiger partial charge in [0.1, 0.15) is 12.3 Å². The van der Waals surface area contributed by atoms with Crippen LogP contribution in [0.5, 0.6) is 5.75 Å². The topological polar surface area (TPSA) is 73.2 Å². The van der Waals surface area contributed by atoms with Crippen molar-refractivity contribution in [2.75, 3.05) is 12.4 Å². The maximum Gasteiger partial charge on any atom is 0.267 e. The van der Waals surface area contributed by atoms with Crippen LogP contribution in [0.3, 0.4) is 0 Å². The molecule has 0 fully saturated rings. The van der Waals surface area contributed by atoms with Crippen LogP contribution in [0.25, 0.3) is 11.3 Å². The fraction of sp³-hybridized carbons (Fsp3) is 0.150. The number of hydrogen-bond donors (Lipinski definition) is 1. The van der Waals surface area contributed by atoms with Crippen LogP contribution in [0.4, 0.5) is 5.69 Å². The number of ether oxygens (including phenoxy) is 1. The van der Waals surface area contributed by atoms with E-state index in [9.17, 15) is 9.59 Å². The Hall–Kier alpha value is -2.93. The molecule has 0 bridgehead atoms. The molecule has 3 rings (SSSR count). The first-order chi connectivity index (χ1) is 13.0. The number of nitrogens with one attached hydrogen (secondary N) is 1. The highest BCUT2D eigenvalue weighted by molar-refractivity contribution is 9.10. The molecule has 1 heterocycles. The number of aromatic nitrogens is 2. The molecule has 6 nitrogen and oxygen atoms in total. The molecule has 1 N–H and O–H groups in total. The molecule has 7 heteroatoms. The number of rotatable bonds is 5. The second-order valence-corrected chi connectivity index (χ2v) is 6.89. The van der Waals surface area contributed by atoms with E-state index in [2.05, 4.69) is 26.3 Å². The van der Waals surface area contributed by atoms with Crippen LogP contribution in [0, 0.1) is 6.92 Å². The summed E-state index contributed by atoms with van der Waals surface area (Å²) in [7, 11) is 1.54. The largest absolute Gasteiger partial charge is 0.495 e. The van der Waals surface area contributed by atoms with Crippen molar-refractivity contribution in [2.24, 2.45) is 0 Å². The third-order valence-electron chi connectivity index (χ3n) is 3.91. The lowest BCUT2D eigenvalue weighted by molar-refractivity contribution is -0.117. The van der Waals surface area contributed by atoms with E-state index in [0.717, 1.165) is 20.3 Å². The van der Waals surface area contributed by atoms with Gasteiger partial charge in [0, 0.05) is 16.1 Å². The van der Waals surface area contributed by atoms with Gasteiger partial charge >= 0.3 is 0 Å². The van der Waals surface area contributed by atoms with Crippen molar-refractivity contribution in [3.8, 4) is 17.0 Å². The van der Waals surface area contributed by atoms with Crippen LogP contribution in [0.15, 0.2) is 63.9 Å². The average Bonchev–Trinajstić information content (AvgIpc) is 2.63. The summed E-state index contributed by atoms with van der Waals surface area (Å²) in [5.74, 6) is 0.192. The maximum absolute atomic E-state index is 12.4. The Morgan fingerprint density at radius 3 is 2.74 bits per heavy atom. The van der Waals surface area contributed by atoms with Gasteiger partial charge in [-0.15, -0.1) is 0 Å². The highest BCUT2D eigenvalue weighted by atomic mass is 79.9. The molecular weight excluding hydrogens is 410 g/mol. The SMILES string of the molecule is COc1ccc(C)cc1NC(=O)Cn1nc(-c2cccc(Br)c2)ccc1=O. The predicted molar refractivity (Wildman–Crippen MR) is 108 cm³/mol. The molecule has 0 unspecified atom stereocenters. The lowest BCUT2D eigenvalue weighted by Gasteiger charge is -2.12. The second-order valence-electron chi connectivity index (χ2n) is 5.98. The number of carbonyl (C=O) groups is 1. The number of halogens is 1. The fourth-order valence-electron chi connectivity index (χ4n) is 2.61. The van der Waals surface area contributed by atoms with Gasteiger partial charge in [-0.25, -0.2) is 4.68 Å². The first kappa shape index (κ1) is 18.8. The molecule has 138 valence electrons. The summed E-state index contributed by atoms with van der Waals surface area (Å²) < 4.78 is 7.31. The molecule has 2 aromatic carbocycles. The maximum atomic E-state index is 12.4. The molecule has 0 aliphatic carbocycles. The molecule has 0 aliphatic rings. The van der Waals surface area contributed by atoms with Crippen molar-refractivity contribution in [2.45, 2.75) is 13.5 Å². The highest BCUT2D eigenvalue weighted by Gasteiger charge is 2.11. The standard InChI is InChI=1S/C20H18BrN3O3/c1-13-6-8-18(27-2)17(10-13)22-19(25)12-24-20(26)9-7-16(23-24)14-4-3-5-15(21)11-14/h3-11H,12H2,1-2H3,(H,22,25). The second kappa shape index (κ2) is 8.18. The molecule has 1 amide bonds. The van der Waals surface area contributed by atoms with E-state index in [1.54, 1.807) is 12.1 Å². The zero-order valence-electron chi connectivity index (χ0n) is 14.9. The molecule has 0 saturated heterocycles. The van der Waals surface area contributed by atoms with E-state index in [4.69, 9.17) is 4.74 Å². The smallest absolute Gasteiger partial charge is 0.267 e. The Labute approximate surface area is 164 Å². The number of benzene rings is 2. The van der Waals surface area contributed by atoms with Crippen molar-refractivity contribution in [1.29, 1.82) is 0 Å². The molecule has 0 radical (unpaired) electrons. The Balaban J connectivity index is 1.83. The summed E-state index contributed by atoms with van der Waals surface area (Å²) >= 11 is 3.42. The summed E-state index contributed by atoms with van der Waals surface area (Å²) in [4.78, 5) is 24.6. The molecule has 0 atom stereocenters. The number of aryl methyl sites for hydroxylation is 1. The van der Waals surface area contributed by atoms with E-state index in [1.165, 1.54) is 13.2 Å². The first-order valence-corrected chi connectivity index (χ1v) is 9.04. The number of nitrogens with zero attached hydrogens (tertiary/aromatic N) is 2. The number of hydrogen-bond acceptors (Lipinski definition) is 4. The van der Waals surface area contributed by atoms with Gasteiger partial charge in [0.15, 0.2) is 0 Å². The quantitative estimate of drug-likeness (QED) is 0.674. The van der Waals surface area contributed by atoms with Crippen molar-refractivity contribution in [3.63, 3.8) is 0 Å². The molecule has 3 aromatic rings. The Morgan fingerprint density at radius 2 is 2.00 bits per heavy atom. The van der Waals surface area contributed by atoms with Crippen molar-refractivity contribution < 1.29 is 9.53 Å². The Kier molecular flexibility index (Phi) is 5.71. The van der Waals surface area contributed by atoms with Gasteiger partial charge < -0.3 is 10.1 Å². The van der Waals surface area contributed by atoms with Crippen molar-refractivity contribution in [3.05, 3.63) is 75.0 Å². The van der Waals surface area contributed by atoms with Crippen molar-refractivity contribution in [1.82, 2.24) is 9.78 Å². The highest BCUT2D eigenvalue weighted by Crippen LogP contribution is 2.25. The monoisotopic (exact) mass is 427 g/mol. The molecule has 1 aromatic heterocycles. The minimum absolute atomic E-state index is 0.197. The van der Waals surface area contributed by atoms with Gasteiger partial charge in [0.2, 0.25) is 5.91 Å². The van der Waals surface area contributed by atoms with Crippen LogP contribution >= 0.6 is 15.9 Å². The summed E-state index contributed by atoms with van der Waals surface area (Å²) in [5.41, 5.74) is 2.65. The number of carbonyl (C=O) groups excluding carboxylic acids is 1. The summed E-state index contributed by atoms with van der Waals surface area (Å²) in [6, 6.07) is 16.1. The zero-order valence-corrected chi connectivity index (χ0v) is 16.5. The van der Waals surface area contributed by atoms with Gasteiger partial charge in [-0.3, -0.25) is 9.59 Å². The molecular formula is C20H18BrN3O3. The zero-order chi connectivity index (χ0) is 19.4. The summed E-state index contributed by atoms with van der Waals surface area (Å²) in [6.45, 7) is 1.72. The van der Waals surface area contributed by atoms with Crippen LogP contribution in [-0.4, -0.2) is 22.8 Å². The van der Waals surface area contributed by atoms with Gasteiger partial charge in [-0.05, 0) is 42.8 Å². The van der Waals surface area contributed by atoms with Gasteiger partial charge in [0.25, 0.3) is 5.56 Å². The molecule has 0 spiro atoms. The summed E-state index contributed by atoms with van der Waals surface area (Å²) in [6.07, 6.45) is 0. The van der Waals surface area contributed by atoms with E-state index < -0.39 is 0 Å². The van der Waals surface area contributed by atoms with E-state index in [1.807, 2.05) is 43.3 Å². The summed E-state index contributed by atoms with van der Waals surface area (Å²) in [5, 5.41) is 7.09. The van der Waals surface area contributed by atoms with E-state index in [-0.39, 0.29) is 18.0 Å². The van der Waals surface area contributed by atoms with Gasteiger partial charge in [-0.1, -0.05) is 34.1 Å². The lowest BCUT2D eigenvalue weighted by atomic mass is 10.1. The molecule has 27 heavy (non-hydrogen) atoms. The Morgan fingerprint density at radius 1 is 1.19 bits per heavy atom. The minimum Gasteiger partial charge on any atom is -0.495 e. The fourth-order valence-corrected chi connectivity index (χ4v) is 3.01. The van der Waals surface area contributed by atoms with Crippen LogP contribution in [-0.2, 0) is 11.3 Å². The lowest BCUT2D eigenvalue weighted by Crippen LogP contribution is -2.29. The molecule has 0 saturated carbocycles. The average molecular weight is 428 g/mol. The minimum atomic E-state index is -0.361. The van der Waals surface area contributed by atoms with Gasteiger partial charge in [0.05, 0.1) is 18.5 Å². The molecule has 0 aliphatic heterocycles. The predicted octanol–water partition coefficient (Wildman–Crippen LogP) is 3.63. The normalized spacial score (nSPS) is 10.5. The number of amides is 1. The first-order valence-electron chi connectivity index (χ1n) is 8.25. The van der Waals surface area contributed by atoms with Crippen molar-refractivity contribution >= 4 is 27.5 Å². The van der Waals surface area contributed by atoms with Gasteiger partial charge in [-0.2, -0.15) is 5.10 Å². The van der Waals surface area contributed by atoms with Crippen LogP contribution < -0.4 is 15.6 Å². The van der Waals surface area contributed by atoms with E-state index in [0.29, 0.717) is 17.1 Å². The van der Waals surface area contributed by atoms with Crippen LogP contribution in [0.1, 0.15) is 5.56 Å². The Bertz CT molecular complexity index is 1050. The number of anilines is 1. The van der Waals surface area contributed by atoms with Crippen LogP contribution in [0.2, 0.25) is 0 Å².